The van der Waals surface area contributed by atoms with E-state index in [9.17, 15) is 0 Å². The second-order valence-corrected chi connectivity index (χ2v) is 2.65. The Morgan fingerprint density at radius 2 is 2.45 bits per heavy atom. The summed E-state index contributed by atoms with van der Waals surface area (Å²) in [6.45, 7) is 1.60. The van der Waals surface area contributed by atoms with E-state index in [1.165, 1.54) is 5.56 Å². The standard InChI is InChI=1S/C8H14N2O/c1-10(7-11-2)6-8-3-4-9-5-8/h3-5,9H,6-7H2,1-2H3. The molecule has 0 aromatic carbocycles. The number of nitrogens with one attached hydrogen (secondary N) is 1. The van der Waals surface area contributed by atoms with Crippen LogP contribution in [0.1, 0.15) is 5.56 Å². The molecule has 0 spiro atoms. The first kappa shape index (κ1) is 8.30. The summed E-state index contributed by atoms with van der Waals surface area (Å²) < 4.78 is 4.97. The quantitative estimate of drug-likeness (QED) is 0.656. The van der Waals surface area contributed by atoms with Gasteiger partial charge in [0.1, 0.15) is 0 Å². The van der Waals surface area contributed by atoms with Crippen LogP contribution in [0.4, 0.5) is 0 Å². The lowest BCUT2D eigenvalue weighted by molar-refractivity contribution is 0.0772. The molecule has 0 fully saturated rings. The summed E-state index contributed by atoms with van der Waals surface area (Å²) in [7, 11) is 3.73. The monoisotopic (exact) mass is 154 g/mol. The number of aromatic amines is 1. The highest BCUT2D eigenvalue weighted by molar-refractivity contribution is 5.07. The number of rotatable bonds is 4. The van der Waals surface area contributed by atoms with Crippen LogP contribution in [0.3, 0.4) is 0 Å². The molecule has 1 aromatic heterocycles. The van der Waals surface area contributed by atoms with Crippen molar-refractivity contribution in [1.29, 1.82) is 0 Å². The van der Waals surface area contributed by atoms with Gasteiger partial charge in [-0.3, -0.25) is 4.90 Å². The molecule has 11 heavy (non-hydrogen) atoms. The Kier molecular flexibility index (Phi) is 3.14. The molecule has 3 heteroatoms. The van der Waals surface area contributed by atoms with Gasteiger partial charge in [0.15, 0.2) is 0 Å². The number of aromatic nitrogens is 1. The van der Waals surface area contributed by atoms with Crippen LogP contribution >= 0.6 is 0 Å². The molecule has 0 saturated carbocycles. The van der Waals surface area contributed by atoms with Gasteiger partial charge in [-0.05, 0) is 18.7 Å². The average Bonchev–Trinajstić information content (AvgIpc) is 2.40. The lowest BCUT2D eigenvalue weighted by Gasteiger charge is -2.13. The van der Waals surface area contributed by atoms with Gasteiger partial charge in [0, 0.05) is 26.0 Å². The Bertz CT molecular complexity index is 184. The number of ether oxygens (including phenoxy) is 1. The first-order chi connectivity index (χ1) is 5.33. The van der Waals surface area contributed by atoms with E-state index in [0.29, 0.717) is 6.73 Å². The van der Waals surface area contributed by atoms with Crippen molar-refractivity contribution < 1.29 is 4.74 Å². The van der Waals surface area contributed by atoms with Crippen LogP contribution in [0, 0.1) is 0 Å². The van der Waals surface area contributed by atoms with Crippen molar-refractivity contribution in [2.24, 2.45) is 0 Å². The van der Waals surface area contributed by atoms with E-state index < -0.39 is 0 Å². The highest BCUT2D eigenvalue weighted by Crippen LogP contribution is 2.00. The lowest BCUT2D eigenvalue weighted by atomic mass is 10.3. The van der Waals surface area contributed by atoms with Gasteiger partial charge >= 0.3 is 0 Å². The van der Waals surface area contributed by atoms with Gasteiger partial charge in [0.2, 0.25) is 0 Å². The van der Waals surface area contributed by atoms with E-state index in [2.05, 4.69) is 16.0 Å². The van der Waals surface area contributed by atoms with Gasteiger partial charge in [-0.15, -0.1) is 0 Å². The number of hydrogen-bond donors (Lipinski definition) is 1. The smallest absolute Gasteiger partial charge is 0.0986 e. The summed E-state index contributed by atoms with van der Waals surface area (Å²) in [6.07, 6.45) is 3.92. The van der Waals surface area contributed by atoms with Gasteiger partial charge in [-0.1, -0.05) is 0 Å². The SMILES string of the molecule is COCN(C)Cc1cc[nH]c1. The van der Waals surface area contributed by atoms with Crippen LogP contribution in [-0.2, 0) is 11.3 Å². The van der Waals surface area contributed by atoms with Crippen LogP contribution in [-0.4, -0.2) is 30.8 Å². The number of H-pyrrole nitrogens is 1. The zero-order chi connectivity index (χ0) is 8.10. The fourth-order valence-corrected chi connectivity index (χ4v) is 1.03. The molecule has 0 saturated heterocycles. The molecular formula is C8H14N2O. The van der Waals surface area contributed by atoms with Crippen LogP contribution in [0.25, 0.3) is 0 Å². The molecule has 0 unspecified atom stereocenters. The minimum atomic E-state index is 0.672. The third-order valence-electron chi connectivity index (χ3n) is 1.46. The van der Waals surface area contributed by atoms with Crippen LogP contribution in [0.2, 0.25) is 0 Å². The van der Waals surface area contributed by atoms with Gasteiger partial charge in [0.25, 0.3) is 0 Å². The lowest BCUT2D eigenvalue weighted by Crippen LogP contribution is -2.19. The van der Waals surface area contributed by atoms with E-state index in [1.54, 1.807) is 7.11 Å². The molecule has 0 bridgehead atoms. The molecule has 3 nitrogen and oxygen atoms in total. The van der Waals surface area contributed by atoms with Crippen molar-refractivity contribution >= 4 is 0 Å². The third-order valence-corrected chi connectivity index (χ3v) is 1.46. The van der Waals surface area contributed by atoms with E-state index >= 15 is 0 Å². The largest absolute Gasteiger partial charge is 0.369 e. The van der Waals surface area contributed by atoms with Crippen molar-refractivity contribution in [1.82, 2.24) is 9.88 Å². The fraction of sp³-hybridized carbons (Fsp3) is 0.500. The Morgan fingerprint density at radius 1 is 1.64 bits per heavy atom. The van der Waals surface area contributed by atoms with Crippen molar-refractivity contribution in [2.45, 2.75) is 6.54 Å². The van der Waals surface area contributed by atoms with Gasteiger partial charge < -0.3 is 9.72 Å². The maximum Gasteiger partial charge on any atom is 0.0986 e. The predicted molar refractivity (Wildman–Crippen MR) is 44.1 cm³/mol. The summed E-state index contributed by atoms with van der Waals surface area (Å²) in [5, 5.41) is 0. The second kappa shape index (κ2) is 4.16. The van der Waals surface area contributed by atoms with E-state index in [0.717, 1.165) is 6.54 Å². The second-order valence-electron chi connectivity index (χ2n) is 2.65. The minimum absolute atomic E-state index is 0.672. The van der Waals surface area contributed by atoms with Crippen molar-refractivity contribution in [3.8, 4) is 0 Å². The van der Waals surface area contributed by atoms with Gasteiger partial charge in [0.05, 0.1) is 6.73 Å². The predicted octanol–water partition coefficient (Wildman–Crippen LogP) is 1.05. The Morgan fingerprint density at radius 3 is 3.00 bits per heavy atom. The Hall–Kier alpha value is -0.800. The molecule has 62 valence electrons. The van der Waals surface area contributed by atoms with E-state index in [1.807, 2.05) is 19.4 Å². The number of nitrogens with zero attached hydrogens (tertiary/aromatic N) is 1. The third kappa shape index (κ3) is 2.74. The Labute approximate surface area is 67.0 Å². The van der Waals surface area contributed by atoms with Crippen molar-refractivity contribution in [3.05, 3.63) is 24.0 Å². The number of hydrogen-bond acceptors (Lipinski definition) is 2. The molecule has 1 rings (SSSR count). The molecule has 0 aliphatic heterocycles. The molecule has 1 aromatic rings. The minimum Gasteiger partial charge on any atom is -0.369 e. The van der Waals surface area contributed by atoms with E-state index in [4.69, 9.17) is 4.74 Å². The summed E-state index contributed by atoms with van der Waals surface area (Å²) >= 11 is 0. The topological polar surface area (TPSA) is 28.3 Å². The molecule has 0 amide bonds. The highest BCUT2D eigenvalue weighted by atomic mass is 16.5. The van der Waals surface area contributed by atoms with Crippen LogP contribution in [0.5, 0.6) is 0 Å². The summed E-state index contributed by atoms with van der Waals surface area (Å²) in [6, 6.07) is 2.06. The molecule has 1 N–H and O–H groups in total. The number of methoxy groups -OCH3 is 1. The molecule has 0 aliphatic carbocycles. The maximum atomic E-state index is 4.97. The zero-order valence-electron chi connectivity index (χ0n) is 7.00. The van der Waals surface area contributed by atoms with Gasteiger partial charge in [-0.25, -0.2) is 0 Å². The van der Waals surface area contributed by atoms with Crippen molar-refractivity contribution in [2.75, 3.05) is 20.9 Å². The van der Waals surface area contributed by atoms with Crippen LogP contribution in [0.15, 0.2) is 18.5 Å². The van der Waals surface area contributed by atoms with E-state index in [-0.39, 0.29) is 0 Å². The molecular weight excluding hydrogens is 140 g/mol. The fourth-order valence-electron chi connectivity index (χ4n) is 1.03. The molecule has 1 heterocycles. The first-order valence-electron chi connectivity index (χ1n) is 3.62. The molecule has 0 atom stereocenters. The zero-order valence-corrected chi connectivity index (χ0v) is 7.00. The Balaban J connectivity index is 2.31. The summed E-state index contributed by atoms with van der Waals surface area (Å²) in [4.78, 5) is 5.11. The summed E-state index contributed by atoms with van der Waals surface area (Å²) in [5.41, 5.74) is 1.28. The average molecular weight is 154 g/mol. The highest BCUT2D eigenvalue weighted by Gasteiger charge is 1.97. The maximum absolute atomic E-state index is 4.97. The first-order valence-corrected chi connectivity index (χ1v) is 3.62. The molecule has 0 aliphatic rings. The summed E-state index contributed by atoms with van der Waals surface area (Å²) in [5.74, 6) is 0. The van der Waals surface area contributed by atoms with Crippen molar-refractivity contribution in [3.63, 3.8) is 0 Å². The molecule has 0 radical (unpaired) electrons. The normalized spacial score (nSPS) is 10.8. The van der Waals surface area contributed by atoms with Crippen LogP contribution < -0.4 is 0 Å². The van der Waals surface area contributed by atoms with Gasteiger partial charge in [-0.2, -0.15) is 0 Å².